The van der Waals surface area contributed by atoms with Gasteiger partial charge in [-0.3, -0.25) is 4.79 Å². The largest absolute Gasteiger partial charge is 0.480 e. The molecule has 1 aromatic rings. The molecule has 106 valence electrons. The number of hydrogen-bond donors (Lipinski definition) is 1. The fourth-order valence-corrected chi connectivity index (χ4v) is 3.99. The first kappa shape index (κ1) is 14.4. The SMILES string of the molecule is N#Cc1cc(F)ccc1S(=O)(=O)N1CCC[C@@H]1C(=O)O. The van der Waals surface area contributed by atoms with E-state index in [1.165, 1.54) is 0 Å². The number of carboxylic acids is 1. The zero-order valence-corrected chi connectivity index (χ0v) is 11.1. The Balaban J connectivity index is 2.51. The lowest BCUT2D eigenvalue weighted by atomic mass is 10.2. The monoisotopic (exact) mass is 298 g/mol. The van der Waals surface area contributed by atoms with Crippen molar-refractivity contribution in [1.29, 1.82) is 5.26 Å². The van der Waals surface area contributed by atoms with Crippen LogP contribution in [0.3, 0.4) is 0 Å². The van der Waals surface area contributed by atoms with Gasteiger partial charge in [-0.25, -0.2) is 12.8 Å². The van der Waals surface area contributed by atoms with E-state index >= 15 is 0 Å². The lowest BCUT2D eigenvalue weighted by Gasteiger charge is -2.21. The second kappa shape index (κ2) is 5.19. The molecule has 1 heterocycles. The summed E-state index contributed by atoms with van der Waals surface area (Å²) in [6.07, 6.45) is 0.650. The summed E-state index contributed by atoms with van der Waals surface area (Å²) in [7, 11) is -4.13. The zero-order valence-electron chi connectivity index (χ0n) is 10.3. The highest BCUT2D eigenvalue weighted by atomic mass is 32.2. The predicted octanol–water partition coefficient (Wildman–Crippen LogP) is 0.935. The molecule has 0 aromatic heterocycles. The number of benzene rings is 1. The van der Waals surface area contributed by atoms with Gasteiger partial charge in [0.15, 0.2) is 0 Å². The summed E-state index contributed by atoms with van der Waals surface area (Å²) in [6.45, 7) is 0.0710. The summed E-state index contributed by atoms with van der Waals surface area (Å²) in [5.41, 5.74) is -0.332. The van der Waals surface area contributed by atoms with Gasteiger partial charge in [0, 0.05) is 6.54 Å². The molecule has 0 amide bonds. The normalized spacial score (nSPS) is 19.7. The van der Waals surface area contributed by atoms with Gasteiger partial charge in [0.05, 0.1) is 5.56 Å². The summed E-state index contributed by atoms with van der Waals surface area (Å²) < 4.78 is 38.8. The van der Waals surface area contributed by atoms with Crippen molar-refractivity contribution < 1.29 is 22.7 Å². The number of halogens is 1. The lowest BCUT2D eigenvalue weighted by Crippen LogP contribution is -2.40. The summed E-state index contributed by atoms with van der Waals surface area (Å²) in [5.74, 6) is -1.96. The molecule has 0 unspecified atom stereocenters. The molecule has 1 saturated heterocycles. The van der Waals surface area contributed by atoms with Gasteiger partial charge in [-0.05, 0) is 31.0 Å². The molecule has 1 aliphatic rings. The minimum Gasteiger partial charge on any atom is -0.480 e. The molecule has 1 aliphatic heterocycles. The van der Waals surface area contributed by atoms with Crippen LogP contribution in [0.25, 0.3) is 0 Å². The van der Waals surface area contributed by atoms with Crippen LogP contribution in [0.15, 0.2) is 23.1 Å². The Kier molecular flexibility index (Phi) is 3.74. The van der Waals surface area contributed by atoms with Crippen molar-refractivity contribution in [3.8, 4) is 6.07 Å². The number of aliphatic carboxylic acids is 1. The number of rotatable bonds is 3. The quantitative estimate of drug-likeness (QED) is 0.895. The van der Waals surface area contributed by atoms with Crippen LogP contribution in [0.2, 0.25) is 0 Å². The third-order valence-electron chi connectivity index (χ3n) is 3.14. The summed E-state index contributed by atoms with van der Waals surface area (Å²) in [6, 6.07) is 3.21. The minimum atomic E-state index is -4.13. The fourth-order valence-electron chi connectivity index (χ4n) is 2.22. The highest BCUT2D eigenvalue weighted by Gasteiger charge is 2.40. The molecule has 0 radical (unpaired) electrons. The van der Waals surface area contributed by atoms with Gasteiger partial charge in [0.2, 0.25) is 10.0 Å². The Labute approximate surface area is 115 Å². The van der Waals surface area contributed by atoms with Crippen LogP contribution in [0.5, 0.6) is 0 Å². The molecule has 1 aromatic carbocycles. The van der Waals surface area contributed by atoms with Gasteiger partial charge in [0.25, 0.3) is 0 Å². The van der Waals surface area contributed by atoms with Crippen molar-refractivity contribution in [1.82, 2.24) is 4.31 Å². The van der Waals surface area contributed by atoms with Crippen molar-refractivity contribution in [2.45, 2.75) is 23.8 Å². The Morgan fingerprint density at radius 2 is 2.20 bits per heavy atom. The van der Waals surface area contributed by atoms with E-state index in [-0.39, 0.29) is 23.4 Å². The van der Waals surface area contributed by atoms with Gasteiger partial charge >= 0.3 is 5.97 Å². The van der Waals surface area contributed by atoms with Gasteiger partial charge in [-0.2, -0.15) is 9.57 Å². The van der Waals surface area contributed by atoms with Gasteiger partial charge < -0.3 is 5.11 Å². The molecule has 1 fully saturated rings. The standard InChI is InChI=1S/C12H11FN2O4S/c13-9-3-4-11(8(6-9)7-14)20(18,19)15-5-1-2-10(15)12(16)17/h3-4,6,10H,1-2,5H2,(H,16,17)/t10-/m1/s1. The van der Waals surface area contributed by atoms with E-state index < -0.39 is 27.9 Å². The average molecular weight is 298 g/mol. The average Bonchev–Trinajstić information content (AvgIpc) is 2.88. The van der Waals surface area contributed by atoms with E-state index in [2.05, 4.69) is 0 Å². The molecule has 0 aliphatic carbocycles. The van der Waals surface area contributed by atoms with Crippen LogP contribution in [0.4, 0.5) is 4.39 Å². The van der Waals surface area contributed by atoms with Crippen LogP contribution in [-0.2, 0) is 14.8 Å². The summed E-state index contributed by atoms with van der Waals surface area (Å²) >= 11 is 0. The number of carboxylic acid groups (broad SMARTS) is 1. The van der Waals surface area contributed by atoms with Crippen LogP contribution in [-0.4, -0.2) is 36.4 Å². The van der Waals surface area contributed by atoms with Gasteiger partial charge in [-0.15, -0.1) is 0 Å². The molecule has 1 atom stereocenters. The van der Waals surface area contributed by atoms with E-state index in [1.54, 1.807) is 6.07 Å². The molecule has 1 N–H and O–H groups in total. The number of nitrogens with zero attached hydrogens (tertiary/aromatic N) is 2. The predicted molar refractivity (Wildman–Crippen MR) is 65.7 cm³/mol. The molecule has 0 bridgehead atoms. The second-order valence-electron chi connectivity index (χ2n) is 4.36. The zero-order chi connectivity index (χ0) is 14.9. The molecule has 2 rings (SSSR count). The van der Waals surface area contributed by atoms with E-state index in [9.17, 15) is 17.6 Å². The molecule has 20 heavy (non-hydrogen) atoms. The third-order valence-corrected chi connectivity index (χ3v) is 5.10. The number of carbonyl (C=O) groups is 1. The fraction of sp³-hybridized carbons (Fsp3) is 0.333. The first-order chi connectivity index (χ1) is 9.37. The smallest absolute Gasteiger partial charge is 0.322 e. The molecular formula is C12H11FN2O4S. The maximum absolute atomic E-state index is 13.1. The third kappa shape index (κ3) is 2.37. The Hall–Kier alpha value is -1.98. The van der Waals surface area contributed by atoms with E-state index in [0.717, 1.165) is 22.5 Å². The van der Waals surface area contributed by atoms with Crippen molar-refractivity contribution in [3.05, 3.63) is 29.6 Å². The first-order valence-electron chi connectivity index (χ1n) is 5.82. The number of sulfonamides is 1. The highest BCUT2D eigenvalue weighted by Crippen LogP contribution is 2.28. The summed E-state index contributed by atoms with van der Waals surface area (Å²) in [5, 5.41) is 17.9. The van der Waals surface area contributed by atoms with Crippen molar-refractivity contribution >= 4 is 16.0 Å². The number of nitriles is 1. The Morgan fingerprint density at radius 1 is 1.50 bits per heavy atom. The van der Waals surface area contributed by atoms with Crippen molar-refractivity contribution in [2.75, 3.05) is 6.54 Å². The molecule has 6 nitrogen and oxygen atoms in total. The second-order valence-corrected chi connectivity index (χ2v) is 6.22. The maximum atomic E-state index is 13.1. The minimum absolute atomic E-state index is 0.0710. The molecular weight excluding hydrogens is 287 g/mol. The van der Waals surface area contributed by atoms with Gasteiger partial charge in [0.1, 0.15) is 22.8 Å². The van der Waals surface area contributed by atoms with E-state index in [0.29, 0.717) is 6.42 Å². The summed E-state index contributed by atoms with van der Waals surface area (Å²) in [4.78, 5) is 10.7. The maximum Gasteiger partial charge on any atom is 0.322 e. The first-order valence-corrected chi connectivity index (χ1v) is 7.26. The molecule has 8 heteroatoms. The topological polar surface area (TPSA) is 98.5 Å². The lowest BCUT2D eigenvalue weighted by molar-refractivity contribution is -0.140. The van der Waals surface area contributed by atoms with E-state index in [1.807, 2.05) is 0 Å². The van der Waals surface area contributed by atoms with E-state index in [4.69, 9.17) is 10.4 Å². The Morgan fingerprint density at radius 3 is 2.80 bits per heavy atom. The van der Waals surface area contributed by atoms with Crippen LogP contribution in [0.1, 0.15) is 18.4 Å². The van der Waals surface area contributed by atoms with Crippen LogP contribution >= 0.6 is 0 Å². The van der Waals surface area contributed by atoms with Crippen molar-refractivity contribution in [2.24, 2.45) is 0 Å². The molecule has 0 spiro atoms. The van der Waals surface area contributed by atoms with Crippen LogP contribution < -0.4 is 0 Å². The highest BCUT2D eigenvalue weighted by molar-refractivity contribution is 7.89. The Bertz CT molecular complexity index is 696. The van der Waals surface area contributed by atoms with Gasteiger partial charge in [-0.1, -0.05) is 0 Å². The van der Waals surface area contributed by atoms with Crippen LogP contribution in [0, 0.1) is 17.1 Å². The van der Waals surface area contributed by atoms with Crippen molar-refractivity contribution in [3.63, 3.8) is 0 Å². The molecule has 0 saturated carbocycles. The number of hydrogen-bond acceptors (Lipinski definition) is 4.